The standard InChI is InChI=1S/C59H55N4.Pt/c1-57(2,3)44-33-45(35-49(34-44)62-38-61(48-18-10-7-11-19-48)53-22-14-15-23-54(53)62)58(4,5)42-24-25-51-50-20-12-13-21-52(50)63(55(51)36-42)56-37-43(26-27-60-56)59(41-16-8-6-9-17-41)46-29-39-28-40(31-46)32-47(59)30-39;/h6-27,33-34,37-40,46-47H,28-32H2,1-5H3;/q-3;. The van der Waals surface area contributed by atoms with E-state index in [1.165, 1.54) is 59.6 Å². The molecule has 0 spiro atoms. The molecule has 2 aromatic heterocycles. The number of nitrogens with zero attached hydrogens (tertiary/aromatic N) is 4. The molecule has 4 nitrogen and oxygen atoms in total. The molecule has 4 bridgehead atoms. The van der Waals surface area contributed by atoms with Crippen molar-refractivity contribution in [1.82, 2.24) is 9.55 Å². The Morgan fingerprint density at radius 2 is 1.23 bits per heavy atom. The molecule has 8 aromatic rings. The van der Waals surface area contributed by atoms with Crippen LogP contribution in [0.2, 0.25) is 0 Å². The SMILES string of the molecule is CC(C)(C)c1cc(N2[CH-]N(c3ccccc3)c3ccccc32)[c-]c(C(C)(C)c2[c-]c3c(cc2)c2ccccc2n3-c2cc(C3(c4ccccc4)C4CC5CC(C4)CC3C5)ccn2)c1.[Pt]. The van der Waals surface area contributed by atoms with E-state index in [0.29, 0.717) is 11.8 Å². The first-order chi connectivity index (χ1) is 30.6. The molecular weight excluding hydrogens is 960 g/mol. The van der Waals surface area contributed by atoms with Crippen molar-refractivity contribution in [2.75, 3.05) is 9.80 Å². The molecular formula is C59H55N4Pt-3. The van der Waals surface area contributed by atoms with Gasteiger partial charge in [0.2, 0.25) is 0 Å². The Hall–Kier alpha value is -5.44. The maximum Gasteiger partial charge on any atom is 0.135 e. The third-order valence-corrected chi connectivity index (χ3v) is 15.7. The third kappa shape index (κ3) is 6.37. The number of pyridine rings is 1. The summed E-state index contributed by atoms with van der Waals surface area (Å²) in [5, 5.41) is 2.42. The summed E-state index contributed by atoms with van der Waals surface area (Å²) < 4.78 is 2.40. The smallest absolute Gasteiger partial charge is 0.135 e. The first kappa shape index (κ1) is 41.3. The van der Waals surface area contributed by atoms with E-state index in [2.05, 4.69) is 220 Å². The van der Waals surface area contributed by atoms with Crippen LogP contribution in [0.5, 0.6) is 0 Å². The first-order valence-electron chi connectivity index (χ1n) is 23.2. The maximum absolute atomic E-state index is 5.23. The van der Waals surface area contributed by atoms with Crippen molar-refractivity contribution >= 4 is 44.6 Å². The van der Waals surface area contributed by atoms with Crippen molar-refractivity contribution in [3.8, 4) is 5.82 Å². The quantitative estimate of drug-likeness (QED) is 0.149. The second-order valence-electron chi connectivity index (χ2n) is 20.7. The molecule has 5 heteroatoms. The minimum atomic E-state index is -0.434. The molecule has 4 aliphatic carbocycles. The molecule has 5 aliphatic rings. The fourth-order valence-corrected chi connectivity index (χ4v) is 12.7. The molecule has 0 saturated heterocycles. The summed E-state index contributed by atoms with van der Waals surface area (Å²) >= 11 is 0. The van der Waals surface area contributed by atoms with Gasteiger partial charge in [-0.2, -0.15) is 47.0 Å². The van der Waals surface area contributed by atoms with Crippen LogP contribution in [0.3, 0.4) is 0 Å². The average molecular weight is 1020 g/mol. The molecule has 1 aliphatic heterocycles. The van der Waals surface area contributed by atoms with E-state index in [0.717, 1.165) is 62.6 Å². The molecule has 0 amide bonds. The number of para-hydroxylation sites is 4. The van der Waals surface area contributed by atoms with Crippen molar-refractivity contribution in [3.63, 3.8) is 0 Å². The van der Waals surface area contributed by atoms with Crippen molar-refractivity contribution in [3.05, 3.63) is 198 Å². The topological polar surface area (TPSA) is 24.3 Å². The van der Waals surface area contributed by atoms with Gasteiger partial charge in [-0.3, -0.25) is 0 Å². The molecule has 4 fully saturated rings. The number of hydrogen-bond acceptors (Lipinski definition) is 3. The first-order valence-corrected chi connectivity index (χ1v) is 23.2. The number of aromatic nitrogens is 2. The second-order valence-corrected chi connectivity index (χ2v) is 20.7. The summed E-state index contributed by atoms with van der Waals surface area (Å²) in [4.78, 5) is 9.83. The van der Waals surface area contributed by atoms with E-state index >= 15 is 0 Å². The van der Waals surface area contributed by atoms with Gasteiger partial charge in [0.25, 0.3) is 0 Å². The molecule has 64 heavy (non-hydrogen) atoms. The number of anilines is 4. The summed E-state index contributed by atoms with van der Waals surface area (Å²) in [5.41, 5.74) is 12.6. The van der Waals surface area contributed by atoms with Crippen LogP contribution in [0, 0.1) is 42.5 Å². The molecule has 13 rings (SSSR count). The van der Waals surface area contributed by atoms with E-state index < -0.39 is 5.41 Å². The van der Waals surface area contributed by atoms with Crippen LogP contribution in [0.15, 0.2) is 152 Å². The van der Waals surface area contributed by atoms with Crippen molar-refractivity contribution in [1.29, 1.82) is 0 Å². The van der Waals surface area contributed by atoms with Gasteiger partial charge in [-0.05, 0) is 126 Å². The molecule has 0 N–H and O–H groups in total. The summed E-state index contributed by atoms with van der Waals surface area (Å²) in [6.07, 6.45) is 8.88. The van der Waals surface area contributed by atoms with Gasteiger partial charge in [0, 0.05) is 55.3 Å². The van der Waals surface area contributed by atoms with E-state index in [1.807, 2.05) is 0 Å². The van der Waals surface area contributed by atoms with E-state index in [4.69, 9.17) is 4.98 Å². The minimum Gasteiger partial charge on any atom is -0.493 e. The van der Waals surface area contributed by atoms with Gasteiger partial charge in [-0.1, -0.05) is 119 Å². The van der Waals surface area contributed by atoms with Crippen LogP contribution in [0.4, 0.5) is 22.7 Å². The largest absolute Gasteiger partial charge is 0.493 e. The molecule has 0 atom stereocenters. The van der Waals surface area contributed by atoms with Gasteiger partial charge >= 0.3 is 0 Å². The molecule has 3 heterocycles. The summed E-state index contributed by atoms with van der Waals surface area (Å²) in [7, 11) is 0. The Kier molecular flexibility index (Phi) is 9.89. The Labute approximate surface area is 393 Å². The molecule has 0 radical (unpaired) electrons. The molecule has 6 aromatic carbocycles. The number of rotatable bonds is 7. The Bertz CT molecular complexity index is 3000. The minimum absolute atomic E-state index is 0. The summed E-state index contributed by atoms with van der Waals surface area (Å²) in [5.74, 6) is 4.04. The van der Waals surface area contributed by atoms with Gasteiger partial charge in [0.1, 0.15) is 5.82 Å². The number of hydrogen-bond donors (Lipinski definition) is 0. The van der Waals surface area contributed by atoms with Crippen molar-refractivity contribution < 1.29 is 21.1 Å². The molecule has 324 valence electrons. The zero-order valence-electron chi connectivity index (χ0n) is 37.5. The van der Waals surface area contributed by atoms with Crippen molar-refractivity contribution in [2.45, 2.75) is 83.0 Å². The Balaban J connectivity index is 0.00000456. The predicted octanol–water partition coefficient (Wildman–Crippen LogP) is 14.6. The van der Waals surface area contributed by atoms with E-state index in [1.54, 1.807) is 0 Å². The van der Waals surface area contributed by atoms with Gasteiger partial charge < -0.3 is 14.4 Å². The Morgan fingerprint density at radius 3 is 1.94 bits per heavy atom. The van der Waals surface area contributed by atoms with Gasteiger partial charge in [0.05, 0.1) is 0 Å². The van der Waals surface area contributed by atoms with Crippen LogP contribution < -0.4 is 9.80 Å². The summed E-state index contributed by atoms with van der Waals surface area (Å²) in [6, 6.07) is 61.9. The normalized spacial score (nSPS) is 22.6. The number of fused-ring (bicyclic) bond motifs is 4. The second kappa shape index (κ2) is 15.3. The van der Waals surface area contributed by atoms with Crippen LogP contribution >= 0.6 is 0 Å². The zero-order valence-corrected chi connectivity index (χ0v) is 39.7. The third-order valence-electron chi connectivity index (χ3n) is 15.7. The zero-order chi connectivity index (χ0) is 42.7. The van der Waals surface area contributed by atoms with Crippen molar-refractivity contribution in [2.24, 2.45) is 23.7 Å². The van der Waals surface area contributed by atoms with E-state index in [-0.39, 0.29) is 31.9 Å². The fourth-order valence-electron chi connectivity index (χ4n) is 12.7. The van der Waals surface area contributed by atoms with Gasteiger partial charge in [-0.15, -0.1) is 23.8 Å². The Morgan fingerprint density at radius 1 is 0.594 bits per heavy atom. The average Bonchev–Trinajstić information content (AvgIpc) is 3.85. The van der Waals surface area contributed by atoms with Crippen LogP contribution in [0.25, 0.3) is 27.6 Å². The fraction of sp³-hybridized carbons (Fsp3) is 0.288. The monoisotopic (exact) mass is 1010 g/mol. The van der Waals surface area contributed by atoms with Gasteiger partial charge in [-0.25, -0.2) is 4.98 Å². The van der Waals surface area contributed by atoms with Gasteiger partial charge in [0.15, 0.2) is 0 Å². The molecule has 0 unspecified atom stereocenters. The predicted molar refractivity (Wildman–Crippen MR) is 259 cm³/mol. The number of benzene rings is 6. The molecule has 4 saturated carbocycles. The van der Waals surface area contributed by atoms with E-state index in [9.17, 15) is 0 Å². The van der Waals surface area contributed by atoms with Crippen LogP contribution in [-0.2, 0) is 37.3 Å². The van der Waals surface area contributed by atoms with Crippen LogP contribution in [-0.4, -0.2) is 9.55 Å². The van der Waals surface area contributed by atoms with Crippen LogP contribution in [0.1, 0.15) is 94.5 Å². The maximum atomic E-state index is 5.23. The summed E-state index contributed by atoms with van der Waals surface area (Å²) in [6.45, 7) is 13.8.